The molecule has 0 aliphatic carbocycles. The Hall–Kier alpha value is 0.250. The fourth-order valence-corrected chi connectivity index (χ4v) is 2.32. The standard InChI is InChI=1S/C12H25ClO/c1-6-11(3,8-9-13)10-12(4,7-2)14-5/h6-10H2,1-5H3. The molecular weight excluding hydrogens is 196 g/mol. The van der Waals surface area contributed by atoms with Gasteiger partial charge in [-0.1, -0.05) is 27.2 Å². The van der Waals surface area contributed by atoms with Crippen LogP contribution in [0.1, 0.15) is 53.4 Å². The van der Waals surface area contributed by atoms with Crippen LogP contribution in [0.2, 0.25) is 0 Å². The highest BCUT2D eigenvalue weighted by Gasteiger charge is 2.32. The van der Waals surface area contributed by atoms with Gasteiger partial charge >= 0.3 is 0 Å². The Kier molecular flexibility index (Phi) is 6.08. The third-order valence-corrected chi connectivity index (χ3v) is 3.78. The summed E-state index contributed by atoms with van der Waals surface area (Å²) in [7, 11) is 1.81. The molecule has 0 bridgehead atoms. The first kappa shape index (κ1) is 14.2. The van der Waals surface area contributed by atoms with E-state index >= 15 is 0 Å². The monoisotopic (exact) mass is 220 g/mol. The molecule has 0 aromatic rings. The molecule has 0 fully saturated rings. The van der Waals surface area contributed by atoms with Gasteiger partial charge in [0.2, 0.25) is 0 Å². The zero-order valence-corrected chi connectivity index (χ0v) is 11.1. The smallest absolute Gasteiger partial charge is 0.0653 e. The topological polar surface area (TPSA) is 9.23 Å². The Labute approximate surface area is 94.2 Å². The van der Waals surface area contributed by atoms with Crippen LogP contribution in [0, 0.1) is 5.41 Å². The molecule has 0 aromatic heterocycles. The zero-order chi connectivity index (χ0) is 11.2. The molecule has 0 aliphatic heterocycles. The van der Waals surface area contributed by atoms with Crippen molar-refractivity contribution in [3.8, 4) is 0 Å². The normalized spacial score (nSPS) is 20.1. The molecule has 2 unspecified atom stereocenters. The highest BCUT2D eigenvalue weighted by molar-refractivity contribution is 6.17. The van der Waals surface area contributed by atoms with Crippen molar-refractivity contribution in [1.82, 2.24) is 0 Å². The number of rotatable bonds is 7. The van der Waals surface area contributed by atoms with Crippen LogP contribution < -0.4 is 0 Å². The van der Waals surface area contributed by atoms with Crippen molar-refractivity contribution in [2.24, 2.45) is 5.41 Å². The molecule has 1 nitrogen and oxygen atoms in total. The van der Waals surface area contributed by atoms with Crippen LogP contribution in [-0.4, -0.2) is 18.6 Å². The lowest BCUT2D eigenvalue weighted by Gasteiger charge is -2.37. The van der Waals surface area contributed by atoms with Gasteiger partial charge < -0.3 is 4.74 Å². The fraction of sp³-hybridized carbons (Fsp3) is 1.00. The van der Waals surface area contributed by atoms with E-state index in [1.807, 2.05) is 0 Å². The molecule has 0 radical (unpaired) electrons. The maximum atomic E-state index is 5.84. The summed E-state index contributed by atoms with van der Waals surface area (Å²) >= 11 is 5.84. The predicted molar refractivity (Wildman–Crippen MR) is 64.1 cm³/mol. The Morgan fingerprint density at radius 3 is 2.00 bits per heavy atom. The second-order valence-corrected chi connectivity index (χ2v) is 5.17. The summed E-state index contributed by atoms with van der Waals surface area (Å²) < 4.78 is 5.59. The van der Waals surface area contributed by atoms with E-state index in [9.17, 15) is 0 Å². The largest absolute Gasteiger partial charge is 0.379 e. The highest BCUT2D eigenvalue weighted by Crippen LogP contribution is 2.38. The summed E-state index contributed by atoms with van der Waals surface area (Å²) in [5.41, 5.74) is 0.333. The molecule has 0 spiro atoms. The molecule has 0 amide bonds. The Bertz CT molecular complexity index is 154. The lowest BCUT2D eigenvalue weighted by Crippen LogP contribution is -2.34. The van der Waals surface area contributed by atoms with Crippen LogP contribution in [0.25, 0.3) is 0 Å². The van der Waals surface area contributed by atoms with Gasteiger partial charge in [-0.05, 0) is 31.6 Å². The van der Waals surface area contributed by atoms with Crippen LogP contribution in [0.3, 0.4) is 0 Å². The number of methoxy groups -OCH3 is 1. The van der Waals surface area contributed by atoms with E-state index in [1.54, 1.807) is 7.11 Å². The maximum absolute atomic E-state index is 5.84. The molecule has 86 valence electrons. The van der Waals surface area contributed by atoms with Crippen LogP contribution in [-0.2, 0) is 4.74 Å². The second-order valence-electron chi connectivity index (χ2n) is 4.79. The van der Waals surface area contributed by atoms with Crippen molar-refractivity contribution < 1.29 is 4.74 Å². The summed E-state index contributed by atoms with van der Waals surface area (Å²) in [4.78, 5) is 0. The molecule has 0 saturated carbocycles. The van der Waals surface area contributed by atoms with Crippen molar-refractivity contribution >= 4 is 11.6 Å². The Morgan fingerprint density at radius 1 is 1.14 bits per heavy atom. The summed E-state index contributed by atoms with van der Waals surface area (Å²) in [6, 6.07) is 0. The lowest BCUT2D eigenvalue weighted by atomic mass is 9.74. The van der Waals surface area contributed by atoms with Crippen molar-refractivity contribution in [2.45, 2.75) is 59.0 Å². The highest BCUT2D eigenvalue weighted by atomic mass is 35.5. The molecule has 0 aliphatic rings. The van der Waals surface area contributed by atoms with Crippen molar-refractivity contribution in [3.05, 3.63) is 0 Å². The first-order valence-electron chi connectivity index (χ1n) is 5.56. The van der Waals surface area contributed by atoms with Crippen molar-refractivity contribution in [1.29, 1.82) is 0 Å². The molecule has 0 aromatic carbocycles. The summed E-state index contributed by atoms with van der Waals surface area (Å²) in [5.74, 6) is 0.744. The predicted octanol–water partition coefficient (Wildman–Crippen LogP) is 4.24. The first-order chi connectivity index (χ1) is 6.45. The van der Waals surface area contributed by atoms with Crippen molar-refractivity contribution in [2.75, 3.05) is 13.0 Å². The van der Waals surface area contributed by atoms with Gasteiger partial charge in [0, 0.05) is 13.0 Å². The number of alkyl halides is 1. The van der Waals surface area contributed by atoms with Gasteiger partial charge in [-0.25, -0.2) is 0 Å². The SMILES string of the molecule is CCC(C)(CCCl)CC(C)(CC)OC. The lowest BCUT2D eigenvalue weighted by molar-refractivity contribution is -0.0359. The van der Waals surface area contributed by atoms with Crippen molar-refractivity contribution in [3.63, 3.8) is 0 Å². The summed E-state index contributed by atoms with van der Waals surface area (Å²) in [6.07, 6.45) is 4.39. The van der Waals surface area contributed by atoms with E-state index in [-0.39, 0.29) is 5.60 Å². The van der Waals surface area contributed by atoms with Gasteiger partial charge in [0.15, 0.2) is 0 Å². The number of ether oxygens (including phenoxy) is 1. The molecule has 0 heterocycles. The second kappa shape index (κ2) is 5.97. The third-order valence-electron chi connectivity index (χ3n) is 3.59. The number of halogens is 1. The average Bonchev–Trinajstić information content (AvgIpc) is 2.18. The first-order valence-corrected chi connectivity index (χ1v) is 6.10. The summed E-state index contributed by atoms with van der Waals surface area (Å²) in [5, 5.41) is 0. The van der Waals surface area contributed by atoms with Gasteiger partial charge in [0.05, 0.1) is 5.60 Å². The molecule has 0 rings (SSSR count). The Balaban J connectivity index is 4.41. The molecule has 2 atom stereocenters. The van der Waals surface area contributed by atoms with Gasteiger partial charge in [-0.2, -0.15) is 0 Å². The minimum absolute atomic E-state index is 0.0107. The van der Waals surface area contributed by atoms with Crippen LogP contribution in [0.15, 0.2) is 0 Å². The van der Waals surface area contributed by atoms with E-state index in [1.165, 1.54) is 6.42 Å². The third kappa shape index (κ3) is 4.18. The maximum Gasteiger partial charge on any atom is 0.0653 e. The Morgan fingerprint density at radius 2 is 1.71 bits per heavy atom. The molecular formula is C12H25ClO. The molecule has 2 heteroatoms. The van der Waals surface area contributed by atoms with E-state index in [0.29, 0.717) is 5.41 Å². The van der Waals surface area contributed by atoms with Gasteiger partial charge in [-0.3, -0.25) is 0 Å². The van der Waals surface area contributed by atoms with E-state index in [2.05, 4.69) is 27.7 Å². The van der Waals surface area contributed by atoms with Crippen LogP contribution in [0.5, 0.6) is 0 Å². The average molecular weight is 221 g/mol. The molecule has 0 saturated heterocycles. The quantitative estimate of drug-likeness (QED) is 0.584. The number of hydrogen-bond acceptors (Lipinski definition) is 1. The van der Waals surface area contributed by atoms with E-state index in [0.717, 1.165) is 25.1 Å². The van der Waals surface area contributed by atoms with Gasteiger partial charge in [0.1, 0.15) is 0 Å². The minimum Gasteiger partial charge on any atom is -0.379 e. The molecule has 0 N–H and O–H groups in total. The van der Waals surface area contributed by atoms with Gasteiger partial charge in [0.25, 0.3) is 0 Å². The van der Waals surface area contributed by atoms with Crippen LogP contribution in [0.4, 0.5) is 0 Å². The van der Waals surface area contributed by atoms with Gasteiger partial charge in [-0.15, -0.1) is 11.6 Å². The minimum atomic E-state index is 0.0107. The zero-order valence-electron chi connectivity index (χ0n) is 10.3. The number of hydrogen-bond donors (Lipinski definition) is 0. The summed E-state index contributed by atoms with van der Waals surface area (Å²) in [6.45, 7) is 8.91. The van der Waals surface area contributed by atoms with E-state index < -0.39 is 0 Å². The fourth-order valence-electron chi connectivity index (χ4n) is 1.86. The van der Waals surface area contributed by atoms with Crippen LogP contribution >= 0.6 is 11.6 Å². The van der Waals surface area contributed by atoms with E-state index in [4.69, 9.17) is 16.3 Å². The molecule has 14 heavy (non-hydrogen) atoms.